The number of rotatable bonds is 4. The van der Waals surface area contributed by atoms with Gasteiger partial charge in [0, 0.05) is 19.2 Å². The Kier molecular flexibility index (Phi) is 4.39. The molecule has 1 aromatic carbocycles. The van der Waals surface area contributed by atoms with Crippen molar-refractivity contribution in [2.45, 2.75) is 26.5 Å². The molecule has 4 rings (SSSR count). The lowest BCUT2D eigenvalue weighted by atomic mass is 10.1. The Hall–Kier alpha value is -3.15. The highest BCUT2D eigenvalue weighted by Gasteiger charge is 2.27. The Labute approximate surface area is 151 Å². The lowest BCUT2D eigenvalue weighted by molar-refractivity contribution is 0.0711. The summed E-state index contributed by atoms with van der Waals surface area (Å²) >= 11 is 0. The molecule has 0 N–H and O–H groups in total. The normalized spacial score (nSPS) is 13.3. The van der Waals surface area contributed by atoms with Crippen molar-refractivity contribution in [1.82, 2.24) is 14.9 Å². The highest BCUT2D eigenvalue weighted by molar-refractivity contribution is 5.93. The molecule has 0 atom stereocenters. The van der Waals surface area contributed by atoms with Gasteiger partial charge in [0.05, 0.1) is 12.2 Å². The predicted molar refractivity (Wildman–Crippen MR) is 94.7 cm³/mol. The van der Waals surface area contributed by atoms with Crippen LogP contribution >= 0.6 is 0 Å². The number of fused-ring (bicyclic) bond motifs is 1. The van der Waals surface area contributed by atoms with Gasteiger partial charge in [-0.25, -0.2) is 4.98 Å². The van der Waals surface area contributed by atoms with Crippen LogP contribution in [0.3, 0.4) is 0 Å². The zero-order valence-corrected chi connectivity index (χ0v) is 14.5. The van der Waals surface area contributed by atoms with Gasteiger partial charge in [0.1, 0.15) is 17.2 Å². The number of pyridine rings is 1. The van der Waals surface area contributed by atoms with E-state index in [0.717, 1.165) is 22.8 Å². The van der Waals surface area contributed by atoms with Crippen molar-refractivity contribution >= 4 is 5.91 Å². The lowest BCUT2D eigenvalue weighted by Gasteiger charge is -2.25. The summed E-state index contributed by atoms with van der Waals surface area (Å²) in [5.74, 6) is 1.95. The quantitative estimate of drug-likeness (QED) is 0.724. The summed E-state index contributed by atoms with van der Waals surface area (Å²) in [6, 6.07) is 13.3. The Bertz CT molecular complexity index is 921. The molecule has 0 unspecified atom stereocenters. The van der Waals surface area contributed by atoms with Crippen molar-refractivity contribution in [3.05, 3.63) is 77.3 Å². The van der Waals surface area contributed by atoms with Crippen molar-refractivity contribution in [2.24, 2.45) is 0 Å². The van der Waals surface area contributed by atoms with Gasteiger partial charge < -0.3 is 14.1 Å². The molecule has 0 saturated heterocycles. The second-order valence-corrected chi connectivity index (χ2v) is 6.22. The van der Waals surface area contributed by atoms with E-state index < -0.39 is 0 Å². The maximum absolute atomic E-state index is 12.7. The van der Waals surface area contributed by atoms with E-state index in [1.54, 1.807) is 11.1 Å². The van der Waals surface area contributed by atoms with E-state index in [2.05, 4.69) is 9.97 Å². The third-order valence-electron chi connectivity index (χ3n) is 4.38. The molecule has 1 aliphatic heterocycles. The number of benzene rings is 1. The van der Waals surface area contributed by atoms with Crippen LogP contribution in [-0.4, -0.2) is 27.3 Å². The number of aromatic nitrogens is 2. The number of carbonyl (C=O) groups is 1. The molecule has 3 heterocycles. The van der Waals surface area contributed by atoms with Crippen LogP contribution < -0.4 is 4.74 Å². The molecule has 0 saturated carbocycles. The lowest BCUT2D eigenvalue weighted by Crippen LogP contribution is -2.36. The fraction of sp³-hybridized carbons (Fsp3) is 0.250. The van der Waals surface area contributed by atoms with E-state index >= 15 is 0 Å². The summed E-state index contributed by atoms with van der Waals surface area (Å²) in [5, 5.41) is 0. The number of hydrogen-bond donors (Lipinski definition) is 0. The first-order chi connectivity index (χ1) is 12.7. The number of nitrogens with zero attached hydrogens (tertiary/aromatic N) is 3. The first-order valence-electron chi connectivity index (χ1n) is 8.57. The molecular weight excluding hydrogens is 330 g/mol. The van der Waals surface area contributed by atoms with Gasteiger partial charge in [-0.3, -0.25) is 9.78 Å². The Morgan fingerprint density at radius 3 is 2.88 bits per heavy atom. The molecule has 3 aromatic rings. The van der Waals surface area contributed by atoms with Crippen molar-refractivity contribution in [3.8, 4) is 5.75 Å². The minimum atomic E-state index is -0.0766. The van der Waals surface area contributed by atoms with Gasteiger partial charge in [-0.05, 0) is 30.7 Å². The molecule has 0 radical (unpaired) electrons. The van der Waals surface area contributed by atoms with Crippen LogP contribution in [-0.2, 0) is 19.6 Å². The average molecular weight is 349 g/mol. The molecular formula is C20H19N3O3. The molecule has 2 aromatic heterocycles. The summed E-state index contributed by atoms with van der Waals surface area (Å²) < 4.78 is 11.5. The molecule has 6 nitrogen and oxygen atoms in total. The van der Waals surface area contributed by atoms with Crippen LogP contribution in [0.2, 0.25) is 0 Å². The maximum Gasteiger partial charge on any atom is 0.273 e. The van der Waals surface area contributed by atoms with E-state index in [1.807, 2.05) is 49.4 Å². The summed E-state index contributed by atoms with van der Waals surface area (Å²) in [6.07, 6.45) is 2.31. The molecule has 0 aliphatic carbocycles. The van der Waals surface area contributed by atoms with Gasteiger partial charge >= 0.3 is 0 Å². The minimum absolute atomic E-state index is 0.0766. The fourth-order valence-corrected chi connectivity index (χ4v) is 3.01. The van der Waals surface area contributed by atoms with Crippen LogP contribution in [0.15, 0.2) is 53.1 Å². The minimum Gasteiger partial charge on any atom is -0.484 e. The van der Waals surface area contributed by atoms with Gasteiger partial charge in [-0.2, -0.15) is 0 Å². The van der Waals surface area contributed by atoms with Crippen LogP contribution in [0.25, 0.3) is 0 Å². The topological polar surface area (TPSA) is 68.5 Å². The second kappa shape index (κ2) is 7.00. The summed E-state index contributed by atoms with van der Waals surface area (Å²) in [7, 11) is 0. The summed E-state index contributed by atoms with van der Waals surface area (Å²) in [6.45, 7) is 3.17. The van der Waals surface area contributed by atoms with Gasteiger partial charge in [0.2, 0.25) is 5.89 Å². The number of para-hydroxylation sites is 1. The number of ether oxygens (including phenoxy) is 1. The number of hydrogen-bond acceptors (Lipinski definition) is 5. The standard InChI is InChI=1S/C20H19N3O3/c1-14-6-5-10-21-19(14)20(24)23-11-9-16-17(12-23)26-18(22-16)13-25-15-7-3-2-4-8-15/h2-8,10H,9,11-13H2,1H3. The average Bonchev–Trinajstić information content (AvgIpc) is 3.09. The molecule has 1 amide bonds. The highest BCUT2D eigenvalue weighted by atomic mass is 16.5. The summed E-state index contributed by atoms with van der Waals surface area (Å²) in [5.41, 5.74) is 2.26. The van der Waals surface area contributed by atoms with Crippen molar-refractivity contribution in [2.75, 3.05) is 6.54 Å². The predicted octanol–water partition coefficient (Wildman–Crippen LogP) is 3.16. The highest BCUT2D eigenvalue weighted by Crippen LogP contribution is 2.22. The van der Waals surface area contributed by atoms with E-state index in [1.165, 1.54) is 0 Å². The third kappa shape index (κ3) is 3.31. The van der Waals surface area contributed by atoms with Gasteiger partial charge in [0.25, 0.3) is 5.91 Å². The first kappa shape index (κ1) is 16.3. The maximum atomic E-state index is 12.7. The van der Waals surface area contributed by atoms with Crippen LogP contribution in [0, 0.1) is 6.92 Å². The number of oxazole rings is 1. The van der Waals surface area contributed by atoms with Crippen molar-refractivity contribution < 1.29 is 13.9 Å². The van der Waals surface area contributed by atoms with E-state index in [-0.39, 0.29) is 12.5 Å². The number of carbonyl (C=O) groups excluding carboxylic acids is 1. The van der Waals surface area contributed by atoms with Gasteiger partial charge in [-0.15, -0.1) is 0 Å². The number of aryl methyl sites for hydroxylation is 1. The van der Waals surface area contributed by atoms with Crippen LogP contribution in [0.5, 0.6) is 5.75 Å². The summed E-state index contributed by atoms with van der Waals surface area (Å²) in [4.78, 5) is 23.2. The largest absolute Gasteiger partial charge is 0.484 e. The Balaban J connectivity index is 1.45. The van der Waals surface area contributed by atoms with Crippen LogP contribution in [0.4, 0.5) is 0 Å². The third-order valence-corrected chi connectivity index (χ3v) is 4.38. The smallest absolute Gasteiger partial charge is 0.273 e. The molecule has 1 aliphatic rings. The zero-order valence-electron chi connectivity index (χ0n) is 14.5. The molecule has 26 heavy (non-hydrogen) atoms. The molecule has 0 bridgehead atoms. The van der Waals surface area contributed by atoms with Crippen LogP contribution in [0.1, 0.15) is 33.4 Å². The number of amides is 1. The van der Waals surface area contributed by atoms with Crippen molar-refractivity contribution in [1.29, 1.82) is 0 Å². The van der Waals surface area contributed by atoms with E-state index in [0.29, 0.717) is 31.1 Å². The van der Waals surface area contributed by atoms with E-state index in [4.69, 9.17) is 9.15 Å². The molecule has 0 fully saturated rings. The van der Waals surface area contributed by atoms with Crippen molar-refractivity contribution in [3.63, 3.8) is 0 Å². The SMILES string of the molecule is Cc1cccnc1C(=O)N1CCc2nc(COc3ccccc3)oc2C1. The zero-order chi connectivity index (χ0) is 17.9. The second-order valence-electron chi connectivity index (χ2n) is 6.22. The Morgan fingerprint density at radius 2 is 2.08 bits per heavy atom. The first-order valence-corrected chi connectivity index (χ1v) is 8.57. The monoisotopic (exact) mass is 349 g/mol. The fourth-order valence-electron chi connectivity index (χ4n) is 3.01. The van der Waals surface area contributed by atoms with Gasteiger partial charge in [0.15, 0.2) is 6.61 Å². The molecule has 132 valence electrons. The van der Waals surface area contributed by atoms with E-state index in [9.17, 15) is 4.79 Å². The van der Waals surface area contributed by atoms with Gasteiger partial charge in [-0.1, -0.05) is 24.3 Å². The Morgan fingerprint density at radius 1 is 1.23 bits per heavy atom. The molecule has 6 heteroatoms. The molecule has 0 spiro atoms.